The lowest BCUT2D eigenvalue weighted by molar-refractivity contribution is -0.159. The van der Waals surface area contributed by atoms with Gasteiger partial charge in [0, 0.05) is 30.4 Å². The zero-order valence-corrected chi connectivity index (χ0v) is 15.6. The first-order valence-corrected chi connectivity index (χ1v) is 9.97. The fourth-order valence-corrected chi connectivity index (χ4v) is 6.21. The Kier molecular flexibility index (Phi) is 3.85. The molecular weight excluding hydrogens is 344 g/mol. The maximum Gasteiger partial charge on any atom is 0.311 e. The van der Waals surface area contributed by atoms with Crippen molar-refractivity contribution in [2.45, 2.75) is 43.4 Å². The van der Waals surface area contributed by atoms with Gasteiger partial charge in [-0.05, 0) is 49.7 Å². The van der Waals surface area contributed by atoms with Crippen LogP contribution >= 0.6 is 0 Å². The van der Waals surface area contributed by atoms with E-state index in [1.807, 2.05) is 24.3 Å². The summed E-state index contributed by atoms with van der Waals surface area (Å²) in [5.41, 5.74) is 1.09. The molecule has 0 bridgehead atoms. The van der Waals surface area contributed by atoms with Gasteiger partial charge in [-0.1, -0.05) is 12.1 Å². The van der Waals surface area contributed by atoms with E-state index in [-0.39, 0.29) is 23.7 Å². The van der Waals surface area contributed by atoms with Crippen LogP contribution in [0, 0.1) is 17.8 Å². The summed E-state index contributed by atoms with van der Waals surface area (Å²) in [4.78, 5) is 28.2. The fraction of sp³-hybridized carbons (Fsp3) is 0.619. The highest BCUT2D eigenvalue weighted by atomic mass is 16.5. The first-order chi connectivity index (χ1) is 13.0. The zero-order chi connectivity index (χ0) is 18.8. The van der Waals surface area contributed by atoms with Crippen molar-refractivity contribution >= 4 is 17.4 Å². The summed E-state index contributed by atoms with van der Waals surface area (Å²) in [5, 5.41) is 14.1. The van der Waals surface area contributed by atoms with Gasteiger partial charge in [0.2, 0.25) is 0 Å². The summed E-state index contributed by atoms with van der Waals surface area (Å²) in [7, 11) is 1.39. The number of rotatable bonds is 1. The summed E-state index contributed by atoms with van der Waals surface area (Å²) in [5.74, 6) is -0.173. The number of Topliss-reactive ketones (excluding diaryl/α,β-unsaturated/α-hetero) is 1. The van der Waals surface area contributed by atoms with E-state index in [9.17, 15) is 14.7 Å². The Labute approximate surface area is 158 Å². The Hall–Kier alpha value is -1.92. The lowest BCUT2D eigenvalue weighted by Crippen LogP contribution is -2.60. The molecule has 3 heterocycles. The third kappa shape index (κ3) is 2.32. The molecule has 144 valence electrons. The van der Waals surface area contributed by atoms with E-state index >= 15 is 0 Å². The minimum Gasteiger partial charge on any atom is -0.469 e. The number of fused-ring (bicyclic) bond motifs is 4. The van der Waals surface area contributed by atoms with Crippen LogP contribution in [0.5, 0.6) is 0 Å². The van der Waals surface area contributed by atoms with E-state index in [4.69, 9.17) is 4.74 Å². The molecule has 6 nitrogen and oxygen atoms in total. The van der Waals surface area contributed by atoms with Crippen LogP contribution in [-0.4, -0.2) is 59.6 Å². The van der Waals surface area contributed by atoms with Crippen molar-refractivity contribution in [3.63, 3.8) is 0 Å². The highest BCUT2D eigenvalue weighted by Crippen LogP contribution is 2.51. The molecule has 2 N–H and O–H groups in total. The Bertz CT molecular complexity index is 796. The van der Waals surface area contributed by atoms with Gasteiger partial charge >= 0.3 is 5.97 Å². The fourth-order valence-electron chi connectivity index (χ4n) is 6.21. The topological polar surface area (TPSA) is 78.9 Å². The average Bonchev–Trinajstić information content (AvgIpc) is 3.18. The standard InChI is InChI=1S/C21H26N2O4/c1-27-20(26)18-14-10-17-21(19(25)13-4-2-3-5-15(13)22-21)8-9-23(17)11-12(14)6-7-16(18)24/h2-5,12,14,16-18,22,24H,6-11H2,1H3/t12-,14-,16+,17-,18+,21-/m0/s1. The van der Waals surface area contributed by atoms with Crippen LogP contribution in [0.3, 0.4) is 0 Å². The Balaban J connectivity index is 1.48. The number of nitrogens with one attached hydrogen (secondary N) is 1. The molecule has 0 aromatic heterocycles. The Morgan fingerprint density at radius 1 is 1.33 bits per heavy atom. The number of hydrogen-bond acceptors (Lipinski definition) is 6. The van der Waals surface area contributed by atoms with E-state index in [1.54, 1.807) is 0 Å². The number of esters is 1. The van der Waals surface area contributed by atoms with Crippen molar-refractivity contribution in [2.24, 2.45) is 17.8 Å². The summed E-state index contributed by atoms with van der Waals surface area (Å²) in [6.07, 6.45) is 2.46. The smallest absolute Gasteiger partial charge is 0.311 e. The molecular formula is C21H26N2O4. The Morgan fingerprint density at radius 2 is 2.15 bits per heavy atom. The Morgan fingerprint density at radius 3 is 2.93 bits per heavy atom. The van der Waals surface area contributed by atoms with Crippen LogP contribution in [-0.2, 0) is 9.53 Å². The van der Waals surface area contributed by atoms with E-state index in [0.29, 0.717) is 12.3 Å². The molecule has 1 aliphatic carbocycles. The normalized spacial score (nSPS) is 40.2. The van der Waals surface area contributed by atoms with E-state index in [0.717, 1.165) is 43.6 Å². The van der Waals surface area contributed by atoms with Crippen molar-refractivity contribution in [1.29, 1.82) is 0 Å². The summed E-state index contributed by atoms with van der Waals surface area (Å²) < 4.78 is 5.01. The second-order valence-electron chi connectivity index (χ2n) is 8.59. The number of nitrogens with zero attached hydrogens (tertiary/aromatic N) is 1. The number of carbonyl (C=O) groups excluding carboxylic acids is 2. The number of benzene rings is 1. The van der Waals surface area contributed by atoms with Crippen molar-refractivity contribution in [3.8, 4) is 0 Å². The van der Waals surface area contributed by atoms with Crippen LogP contribution in [0.2, 0.25) is 0 Å². The van der Waals surface area contributed by atoms with Gasteiger partial charge < -0.3 is 15.2 Å². The van der Waals surface area contributed by atoms with Gasteiger partial charge in [0.15, 0.2) is 5.78 Å². The molecule has 1 spiro atoms. The molecule has 4 aliphatic rings. The molecule has 1 aromatic rings. The molecule has 3 aliphatic heterocycles. The van der Waals surface area contributed by atoms with Gasteiger partial charge in [-0.25, -0.2) is 0 Å². The number of hydrogen-bond donors (Lipinski definition) is 2. The monoisotopic (exact) mass is 370 g/mol. The van der Waals surface area contributed by atoms with Gasteiger partial charge in [-0.2, -0.15) is 0 Å². The van der Waals surface area contributed by atoms with Crippen LogP contribution in [0.1, 0.15) is 36.0 Å². The summed E-state index contributed by atoms with van der Waals surface area (Å²) in [6, 6.07) is 7.78. The first kappa shape index (κ1) is 17.2. The summed E-state index contributed by atoms with van der Waals surface area (Å²) >= 11 is 0. The number of piperidine rings is 1. The van der Waals surface area contributed by atoms with Crippen LogP contribution in [0.15, 0.2) is 24.3 Å². The molecule has 1 saturated carbocycles. The number of para-hydroxylation sites is 1. The van der Waals surface area contributed by atoms with Gasteiger partial charge in [0.25, 0.3) is 0 Å². The number of aliphatic hydroxyl groups is 1. The van der Waals surface area contributed by atoms with Gasteiger partial charge in [-0.3, -0.25) is 14.5 Å². The predicted octanol–water partition coefficient (Wildman–Crippen LogP) is 1.69. The van der Waals surface area contributed by atoms with Crippen molar-refractivity contribution in [1.82, 2.24) is 4.90 Å². The van der Waals surface area contributed by atoms with Gasteiger partial charge in [0.1, 0.15) is 5.54 Å². The average molecular weight is 370 g/mol. The third-order valence-electron chi connectivity index (χ3n) is 7.49. The number of ether oxygens (including phenoxy) is 1. The molecule has 1 aromatic carbocycles. The highest BCUT2D eigenvalue weighted by Gasteiger charge is 2.60. The molecule has 27 heavy (non-hydrogen) atoms. The van der Waals surface area contributed by atoms with Crippen molar-refractivity contribution < 1.29 is 19.4 Å². The SMILES string of the molecule is COC(=O)[C@@H]1[C@H]2C[C@@H]3N(CC[C@]34Nc3ccccc3C4=O)C[C@@H]2CC[C@H]1O. The molecule has 6 atom stereocenters. The second kappa shape index (κ2) is 6.04. The molecule has 2 saturated heterocycles. The van der Waals surface area contributed by atoms with E-state index in [1.165, 1.54) is 7.11 Å². The molecule has 5 rings (SSSR count). The predicted molar refractivity (Wildman–Crippen MR) is 99.4 cm³/mol. The largest absolute Gasteiger partial charge is 0.469 e. The number of aliphatic hydroxyl groups excluding tert-OH is 1. The molecule has 3 fully saturated rings. The van der Waals surface area contributed by atoms with Crippen molar-refractivity contribution in [3.05, 3.63) is 29.8 Å². The van der Waals surface area contributed by atoms with E-state index < -0.39 is 17.6 Å². The van der Waals surface area contributed by atoms with Gasteiger partial charge in [0.05, 0.1) is 19.1 Å². The molecule has 0 unspecified atom stereocenters. The van der Waals surface area contributed by atoms with Crippen molar-refractivity contribution in [2.75, 3.05) is 25.5 Å². The lowest BCUT2D eigenvalue weighted by Gasteiger charge is -2.49. The van der Waals surface area contributed by atoms with Crippen LogP contribution < -0.4 is 5.32 Å². The van der Waals surface area contributed by atoms with Crippen LogP contribution in [0.4, 0.5) is 5.69 Å². The maximum atomic E-state index is 13.3. The van der Waals surface area contributed by atoms with Gasteiger partial charge in [-0.15, -0.1) is 0 Å². The molecule has 0 radical (unpaired) electrons. The van der Waals surface area contributed by atoms with E-state index in [2.05, 4.69) is 10.2 Å². The number of ketones is 1. The zero-order valence-electron chi connectivity index (χ0n) is 15.6. The molecule has 6 heteroatoms. The lowest BCUT2D eigenvalue weighted by atomic mass is 9.64. The second-order valence-corrected chi connectivity index (χ2v) is 8.59. The summed E-state index contributed by atoms with van der Waals surface area (Å²) in [6.45, 7) is 1.79. The highest BCUT2D eigenvalue weighted by molar-refractivity contribution is 6.14. The number of methoxy groups -OCH3 is 1. The third-order valence-corrected chi connectivity index (χ3v) is 7.49. The quantitative estimate of drug-likeness (QED) is 0.733. The molecule has 0 amide bonds. The number of anilines is 1. The maximum absolute atomic E-state index is 13.3. The number of carbonyl (C=O) groups is 2. The minimum absolute atomic E-state index is 0.0520. The first-order valence-electron chi connectivity index (χ1n) is 9.97. The van der Waals surface area contributed by atoms with Crippen LogP contribution in [0.25, 0.3) is 0 Å². The minimum atomic E-state index is -0.646.